The quantitative estimate of drug-likeness (QED) is 0.00330. The first-order valence-corrected chi connectivity index (χ1v) is 45.6. The van der Waals surface area contributed by atoms with Crippen LogP contribution in [0.2, 0.25) is 0 Å². The molecule has 12 rings (SSSR count). The molecule has 0 radical (unpaired) electrons. The van der Waals surface area contributed by atoms with Crippen molar-refractivity contribution in [3.63, 3.8) is 0 Å². The van der Waals surface area contributed by atoms with E-state index in [0.717, 1.165) is 36.6 Å². The number of nitro groups is 2. The highest BCUT2D eigenvalue weighted by atomic mass is 31.3. The fourth-order valence-electron chi connectivity index (χ4n) is 12.6. The minimum absolute atomic E-state index is 0. The molecule has 668 valence electrons. The largest absolute Gasteiger partial charge is 0.508 e. The molecule has 3 aliphatic heterocycles. The van der Waals surface area contributed by atoms with Crippen molar-refractivity contribution in [2.75, 3.05) is 30.4 Å². The van der Waals surface area contributed by atoms with Crippen molar-refractivity contribution in [2.24, 2.45) is 5.73 Å². The van der Waals surface area contributed by atoms with E-state index < -0.39 is 107 Å². The summed E-state index contributed by atoms with van der Waals surface area (Å²) >= 11 is 0. The van der Waals surface area contributed by atoms with Gasteiger partial charge in [0.1, 0.15) is 70.1 Å². The van der Waals surface area contributed by atoms with Gasteiger partial charge in [-0.3, -0.25) is 52.8 Å². The Morgan fingerprint density at radius 3 is 1.61 bits per heavy atom. The Balaban J connectivity index is 0.000000225. The fraction of sp³-hybridized carbons (Fsp3) is 0.315. The molecular weight excluding hydrogens is 1780 g/mol. The van der Waals surface area contributed by atoms with E-state index in [2.05, 4.69) is 80.5 Å². The first-order valence-electron chi connectivity index (χ1n) is 36.5. The number of Topliss-reactive ketones (excluding diaryl/α,β-unsaturated/α-hetero) is 2. The number of ether oxygens (including phenoxy) is 3. The van der Waals surface area contributed by atoms with Gasteiger partial charge in [-0.2, -0.15) is 17.2 Å². The number of aromatic nitrogens is 6. The summed E-state index contributed by atoms with van der Waals surface area (Å²) in [6, 6.07) is 28.7. The van der Waals surface area contributed by atoms with Crippen molar-refractivity contribution in [3.8, 4) is 57.6 Å². The van der Waals surface area contributed by atoms with Crippen LogP contribution in [0.4, 0.5) is 22.7 Å². The highest BCUT2D eigenvalue weighted by Crippen LogP contribution is 2.68. The number of unbranched alkanes of at least 4 members (excludes halogenated alkanes) is 3. The molecule has 52 heteroatoms. The van der Waals surface area contributed by atoms with Crippen molar-refractivity contribution < 1.29 is 151 Å². The fourth-order valence-corrected chi connectivity index (χ4v) is 18.6. The summed E-state index contributed by atoms with van der Waals surface area (Å²) in [5.74, 6) is 12.3. The SMILES string of the molecule is C.CC(=O)CCCCCCC(=O)CCC#Cc1ccc(CNc2ccnc3c2ncn3[C@H]2C[C@@H](O)[C@@H](COP(=O)(O)OP(=O)(O)OP(=O)(O)O)O2)c([N+](=O)[O-])c1.NCC#Cc1ccc(CNc2ccnc3c2ncn3[C@H]2C[C@@H](O)[C@@H](COP(=O)(O)OP(=O)(O)OP(=O)(O)O)O2)c([N+](=O)[O-])c1.O=COc1ccccc1-c1c2ccc(=O)cc-2oc2cc(O)ccc12. The normalized spacial score (nSPS) is 18.1. The molecule has 0 spiro atoms. The second kappa shape index (κ2) is 43.2. The van der Waals surface area contributed by atoms with Gasteiger partial charge in [0.25, 0.3) is 17.8 Å². The number of carbonyl (C=O) groups excluding carboxylic acids is 3. The number of phosphoric acid groups is 6. The highest BCUT2D eigenvalue weighted by molar-refractivity contribution is 7.67. The summed E-state index contributed by atoms with van der Waals surface area (Å²) in [5.41, 5.74) is 11.2. The number of nitrogens with two attached hydrogens (primary N) is 1. The molecular formula is C73H81N11O35P6. The van der Waals surface area contributed by atoms with Crippen molar-refractivity contribution >= 4 is 121 Å². The zero-order valence-electron chi connectivity index (χ0n) is 64.4. The number of para-hydroxylation sites is 1. The maximum atomic E-state index is 12.2. The van der Waals surface area contributed by atoms with Crippen molar-refractivity contribution in [2.45, 2.75) is 129 Å². The number of phenols is 1. The summed E-state index contributed by atoms with van der Waals surface area (Å²) in [7, 11) is -33.4. The number of carbonyl (C=O) groups is 3. The third kappa shape index (κ3) is 28.3. The van der Waals surface area contributed by atoms with Gasteiger partial charge in [-0.05, 0) is 86.5 Å². The first-order chi connectivity index (χ1) is 58.6. The number of aromatic hydroxyl groups is 1. The third-order valence-corrected chi connectivity index (χ3v) is 25.5. The van der Waals surface area contributed by atoms with Crippen molar-refractivity contribution in [3.05, 3.63) is 187 Å². The third-order valence-electron chi connectivity index (χ3n) is 17.9. The van der Waals surface area contributed by atoms with Gasteiger partial charge in [-0.1, -0.05) is 62.1 Å². The van der Waals surface area contributed by atoms with Crippen LogP contribution in [0.1, 0.15) is 113 Å². The van der Waals surface area contributed by atoms with E-state index in [1.165, 1.54) is 64.5 Å². The Bertz CT molecular complexity index is 6100. The summed E-state index contributed by atoms with van der Waals surface area (Å²) in [5, 5.41) is 61.2. The van der Waals surface area contributed by atoms with Crippen LogP contribution in [-0.2, 0) is 90.6 Å². The zero-order chi connectivity index (χ0) is 90.1. The first kappa shape index (κ1) is 98.4. The summed E-state index contributed by atoms with van der Waals surface area (Å²) < 4.78 is 118. The molecule has 15 N–H and O–H groups in total. The molecule has 1 aliphatic carbocycles. The van der Waals surface area contributed by atoms with Gasteiger partial charge in [0.05, 0.1) is 65.8 Å². The number of phosphoric ester groups is 2. The average molecular weight is 1860 g/mol. The monoisotopic (exact) mass is 1860 g/mol. The lowest BCUT2D eigenvalue weighted by Gasteiger charge is -2.19. The number of nitro benzene ring substituents is 2. The summed E-state index contributed by atoms with van der Waals surface area (Å²) in [6.07, 6.45) is 3.47. The molecule has 10 atom stereocenters. The molecule has 8 aromatic rings. The van der Waals surface area contributed by atoms with E-state index in [9.17, 15) is 102 Å². The number of benzene rings is 5. The average Bonchev–Trinajstić information content (AvgIpc) is 1.45. The molecule has 0 amide bonds. The number of aliphatic hydroxyl groups excluding tert-OH is 2. The molecule has 2 fully saturated rings. The van der Waals surface area contributed by atoms with E-state index in [1.54, 1.807) is 73.7 Å². The predicted octanol–water partition coefficient (Wildman–Crippen LogP) is 10.3. The molecule has 7 heterocycles. The Kier molecular flexibility index (Phi) is 34.0. The number of hydrogen-bond acceptors (Lipinski definition) is 34. The van der Waals surface area contributed by atoms with E-state index in [-0.39, 0.29) is 86.1 Å². The number of fused-ring (bicyclic) bond motifs is 4. The lowest BCUT2D eigenvalue weighted by molar-refractivity contribution is -0.385. The summed E-state index contributed by atoms with van der Waals surface area (Å²) in [4.78, 5) is 158. The molecule has 2 saturated heterocycles. The van der Waals surface area contributed by atoms with E-state index in [4.69, 9.17) is 43.9 Å². The predicted molar refractivity (Wildman–Crippen MR) is 440 cm³/mol. The van der Waals surface area contributed by atoms with Crippen molar-refractivity contribution in [1.29, 1.82) is 0 Å². The molecule has 4 unspecified atom stereocenters. The second-order valence-corrected chi connectivity index (χ2v) is 35.7. The van der Waals surface area contributed by atoms with Crippen LogP contribution in [0, 0.1) is 43.9 Å². The topological polar surface area (TPSA) is 687 Å². The Hall–Kier alpha value is -10.4. The number of aliphatic hydroxyl groups is 2. The van der Waals surface area contributed by atoms with Gasteiger partial charge in [0, 0.05) is 133 Å². The van der Waals surface area contributed by atoms with Gasteiger partial charge in [-0.15, -0.1) is 0 Å². The number of imidazole rings is 2. The lowest BCUT2D eigenvalue weighted by atomic mass is 9.93. The number of phenolic OH excluding ortho intramolecular Hbond substituents is 1. The number of nitrogens with zero attached hydrogens (tertiary/aromatic N) is 8. The minimum Gasteiger partial charge on any atom is -0.508 e. The highest BCUT2D eigenvalue weighted by Gasteiger charge is 2.45. The van der Waals surface area contributed by atoms with Crippen LogP contribution < -0.4 is 26.5 Å². The second-order valence-electron chi connectivity index (χ2n) is 26.9. The standard InChI is InChI=1S/C31H40N5O16P3.C21H25N6O14P3.C20H12O5.CH4/c1-21(37)8-4-2-3-5-10-24(38)11-7-6-9-22-12-13-23(26(16-22)36(40)41)18-33-25-14-15-32-31-30(25)34-20-35(31)29-17-27(39)28(50-29)19-49-54(45,46)52-55(47,48)51-53(42,43)44;22-6-1-2-13-3-4-14(16(8-13)27(29)30)10-24-15-5-7-23-21-20(15)25-12-26(21)19-9-17(28)18(39-19)11-38-43(34,35)41-44(36,37)40-42(31,32)33;21-11-24-17-4-2-1-3-14(17)20-15-7-5-12(22)9-18(15)25-19-10-13(23)6-8-16(19)20;/h12-16,20,27-29,39H,2-5,7-8,10-11,17-19H2,1H3,(H,32,33)(H,45,46)(H,47,48)(H2,42,43,44);3-5,7-8,12,17-19,28H,6,9-11,22H2,(H,23,24)(H,34,35)(H,36,37)(H2,31,32,33);1-11,22H;1H4/t27-,28-,29-;17-,18-,19-;;/m11../s1. The van der Waals surface area contributed by atoms with E-state index >= 15 is 0 Å². The number of ketones is 2. The van der Waals surface area contributed by atoms with Crippen LogP contribution in [-0.4, -0.2) is 156 Å². The molecule has 125 heavy (non-hydrogen) atoms. The number of rotatable bonds is 36. The number of anilines is 2. The smallest absolute Gasteiger partial charge is 0.490 e. The van der Waals surface area contributed by atoms with Crippen LogP contribution in [0.25, 0.3) is 55.7 Å². The Labute approximate surface area is 707 Å². The Morgan fingerprint density at radius 1 is 0.616 bits per heavy atom. The molecule has 4 aromatic carbocycles. The van der Waals surface area contributed by atoms with Gasteiger partial charge in [-0.25, -0.2) is 47.3 Å². The molecule has 4 aromatic heterocycles. The van der Waals surface area contributed by atoms with E-state index in [1.807, 2.05) is 12.1 Å². The maximum absolute atomic E-state index is 12.2. The van der Waals surface area contributed by atoms with Gasteiger partial charge >= 0.3 is 46.9 Å². The summed E-state index contributed by atoms with van der Waals surface area (Å²) in [6.45, 7) is 0.402. The van der Waals surface area contributed by atoms with Crippen molar-refractivity contribution in [1.82, 2.24) is 29.1 Å². The van der Waals surface area contributed by atoms with Crippen LogP contribution in [0.3, 0.4) is 0 Å². The lowest BCUT2D eigenvalue weighted by Crippen LogP contribution is -2.26. The molecule has 4 aliphatic rings. The van der Waals surface area contributed by atoms with Crippen LogP contribution >= 0.6 is 46.9 Å². The number of hydrogen-bond donors (Lipinski definition) is 14. The maximum Gasteiger partial charge on any atom is 0.490 e. The van der Waals surface area contributed by atoms with Crippen LogP contribution in [0.5, 0.6) is 11.5 Å². The van der Waals surface area contributed by atoms with Gasteiger partial charge in [0.15, 0.2) is 16.7 Å². The minimum atomic E-state index is -5.73. The number of nitrogens with one attached hydrogen (secondary N) is 2. The molecule has 0 saturated carbocycles. The number of pyridine rings is 2. The van der Waals surface area contributed by atoms with Crippen LogP contribution in [0.15, 0.2) is 143 Å². The van der Waals surface area contributed by atoms with Gasteiger partial charge in [0.2, 0.25) is 0 Å². The van der Waals surface area contributed by atoms with Gasteiger partial charge < -0.3 is 94.3 Å². The molecule has 46 nitrogen and oxygen atoms in total. The Morgan fingerprint density at radius 2 is 1.12 bits per heavy atom. The van der Waals surface area contributed by atoms with E-state index in [0.29, 0.717) is 104 Å². The molecule has 0 bridgehead atoms. The zero-order valence-corrected chi connectivity index (χ0v) is 69.8.